The number of halogens is 6. The molecule has 0 saturated carbocycles. The summed E-state index contributed by atoms with van der Waals surface area (Å²) in [6.45, 7) is 0. The molecule has 1 aromatic heterocycles. The fourth-order valence-corrected chi connectivity index (χ4v) is 1.75. The van der Waals surface area contributed by atoms with Crippen LogP contribution >= 0.6 is 0 Å². The second-order valence-electron chi connectivity index (χ2n) is 4.03. The lowest BCUT2D eigenvalue weighted by Crippen LogP contribution is -2.17. The average Bonchev–Trinajstić information content (AvgIpc) is 2.34. The third-order valence-electron chi connectivity index (χ3n) is 2.57. The van der Waals surface area contributed by atoms with Crippen molar-refractivity contribution in [3.05, 3.63) is 30.0 Å². The first kappa shape index (κ1) is 15.2. The van der Waals surface area contributed by atoms with Crippen molar-refractivity contribution >= 4 is 16.6 Å². The zero-order chi connectivity index (χ0) is 15.8. The van der Waals surface area contributed by atoms with E-state index >= 15 is 0 Å². The Hall–Kier alpha value is -2.19. The minimum absolute atomic E-state index is 0.0000468. The van der Waals surface area contributed by atoms with Crippen molar-refractivity contribution < 1.29 is 31.1 Å². The van der Waals surface area contributed by atoms with E-state index in [1.165, 1.54) is 7.05 Å². The van der Waals surface area contributed by atoms with Crippen LogP contribution in [0.4, 0.5) is 32.0 Å². The lowest BCUT2D eigenvalue weighted by Gasteiger charge is -2.13. The van der Waals surface area contributed by atoms with Crippen LogP contribution < -0.4 is 10.1 Å². The smallest absolute Gasteiger partial charge is 0.406 e. The van der Waals surface area contributed by atoms with Crippen molar-refractivity contribution in [1.82, 2.24) is 4.98 Å². The van der Waals surface area contributed by atoms with Crippen LogP contribution in [0, 0.1) is 0 Å². The summed E-state index contributed by atoms with van der Waals surface area (Å²) in [5.74, 6) is -0.534. The van der Waals surface area contributed by atoms with Crippen molar-refractivity contribution in [1.29, 1.82) is 0 Å². The summed E-state index contributed by atoms with van der Waals surface area (Å²) in [5, 5.41) is 2.59. The summed E-state index contributed by atoms with van der Waals surface area (Å²) in [4.78, 5) is 3.39. The Morgan fingerprint density at radius 3 is 2.24 bits per heavy atom. The minimum Gasteiger partial charge on any atom is -0.406 e. The fourth-order valence-electron chi connectivity index (χ4n) is 1.75. The van der Waals surface area contributed by atoms with Gasteiger partial charge in [-0.1, -0.05) is 0 Å². The number of fused-ring (bicyclic) bond motifs is 1. The molecule has 1 N–H and O–H groups in total. The lowest BCUT2D eigenvalue weighted by atomic mass is 10.1. The molecule has 0 radical (unpaired) electrons. The molecule has 0 aliphatic heterocycles. The number of nitrogens with one attached hydrogen (secondary N) is 1. The van der Waals surface area contributed by atoms with Gasteiger partial charge in [-0.3, -0.25) is 0 Å². The summed E-state index contributed by atoms with van der Waals surface area (Å²) in [7, 11) is 1.35. The average molecular weight is 310 g/mol. The van der Waals surface area contributed by atoms with Crippen molar-refractivity contribution in [3.8, 4) is 5.75 Å². The van der Waals surface area contributed by atoms with Crippen LogP contribution in [-0.2, 0) is 6.18 Å². The van der Waals surface area contributed by atoms with Gasteiger partial charge in [-0.15, -0.1) is 13.2 Å². The molecule has 0 atom stereocenters. The Balaban J connectivity index is 2.57. The zero-order valence-electron chi connectivity index (χ0n) is 10.4. The van der Waals surface area contributed by atoms with Crippen molar-refractivity contribution in [2.24, 2.45) is 0 Å². The minimum atomic E-state index is -4.88. The van der Waals surface area contributed by atoms with Crippen LogP contribution in [0.5, 0.6) is 5.75 Å². The van der Waals surface area contributed by atoms with E-state index in [9.17, 15) is 26.3 Å². The number of hydrogen-bond acceptors (Lipinski definition) is 3. The van der Waals surface area contributed by atoms with Gasteiger partial charge in [0.15, 0.2) is 0 Å². The molecule has 0 fully saturated rings. The maximum absolute atomic E-state index is 12.7. The molecule has 9 heteroatoms. The molecule has 0 saturated heterocycles. The number of hydrogen-bond donors (Lipinski definition) is 1. The first-order valence-electron chi connectivity index (χ1n) is 5.55. The molecule has 1 aromatic carbocycles. The standard InChI is InChI=1S/C12H8F6N2O/c1-19-9-5-10(11(13,14)15)20-8-3-2-6(4-7(8)9)21-12(16,17)18/h2-5H,1H3,(H,19,20). The molecule has 2 rings (SSSR count). The third-order valence-corrected chi connectivity index (χ3v) is 2.57. The van der Waals surface area contributed by atoms with Crippen LogP contribution in [0.2, 0.25) is 0 Å². The number of nitrogens with zero attached hydrogens (tertiary/aromatic N) is 1. The first-order chi connectivity index (χ1) is 9.60. The number of benzene rings is 1. The second-order valence-corrected chi connectivity index (χ2v) is 4.03. The van der Waals surface area contributed by atoms with E-state index in [2.05, 4.69) is 15.0 Å². The van der Waals surface area contributed by atoms with Gasteiger partial charge in [0.1, 0.15) is 11.4 Å². The number of anilines is 1. The maximum atomic E-state index is 12.7. The predicted molar refractivity (Wildman–Crippen MR) is 63.0 cm³/mol. The molecule has 0 aliphatic rings. The monoisotopic (exact) mass is 310 g/mol. The van der Waals surface area contributed by atoms with Crippen LogP contribution in [0.3, 0.4) is 0 Å². The van der Waals surface area contributed by atoms with E-state index in [0.717, 1.165) is 24.3 Å². The van der Waals surface area contributed by atoms with Crippen LogP contribution in [0.25, 0.3) is 10.9 Å². The van der Waals surface area contributed by atoms with Gasteiger partial charge in [0.05, 0.1) is 5.52 Å². The predicted octanol–water partition coefficient (Wildman–Crippen LogP) is 4.19. The highest BCUT2D eigenvalue weighted by Crippen LogP contribution is 2.35. The number of rotatable bonds is 2. The Morgan fingerprint density at radius 1 is 1.05 bits per heavy atom. The van der Waals surface area contributed by atoms with E-state index < -0.39 is 24.0 Å². The molecule has 0 aliphatic carbocycles. The lowest BCUT2D eigenvalue weighted by molar-refractivity contribution is -0.274. The zero-order valence-corrected chi connectivity index (χ0v) is 10.4. The van der Waals surface area contributed by atoms with E-state index in [1.807, 2.05) is 0 Å². The first-order valence-corrected chi connectivity index (χ1v) is 5.55. The van der Waals surface area contributed by atoms with Crippen molar-refractivity contribution in [2.45, 2.75) is 12.5 Å². The summed E-state index contributed by atoms with van der Waals surface area (Å²) in [6, 6.07) is 3.64. The molecular weight excluding hydrogens is 302 g/mol. The largest absolute Gasteiger partial charge is 0.573 e. The van der Waals surface area contributed by atoms with E-state index in [-0.39, 0.29) is 16.6 Å². The highest BCUT2D eigenvalue weighted by molar-refractivity contribution is 5.92. The molecule has 2 aromatic rings. The number of alkyl halides is 6. The van der Waals surface area contributed by atoms with Gasteiger partial charge in [-0.25, -0.2) is 4.98 Å². The Kier molecular flexibility index (Phi) is 3.60. The Morgan fingerprint density at radius 2 is 1.71 bits per heavy atom. The third kappa shape index (κ3) is 3.47. The SMILES string of the molecule is CNc1cc(C(F)(F)F)nc2ccc(OC(F)(F)F)cc12. The van der Waals surface area contributed by atoms with Crippen LogP contribution in [0.1, 0.15) is 5.69 Å². The highest BCUT2D eigenvalue weighted by atomic mass is 19.4. The second kappa shape index (κ2) is 4.97. The van der Waals surface area contributed by atoms with Gasteiger partial charge < -0.3 is 10.1 Å². The van der Waals surface area contributed by atoms with E-state index in [4.69, 9.17) is 0 Å². The Bertz CT molecular complexity index is 665. The molecular formula is C12H8F6N2O. The van der Waals surface area contributed by atoms with E-state index in [1.54, 1.807) is 0 Å². The van der Waals surface area contributed by atoms with Gasteiger partial charge in [0.25, 0.3) is 0 Å². The summed E-state index contributed by atoms with van der Waals surface area (Å²) < 4.78 is 78.2. The molecule has 0 amide bonds. The number of pyridine rings is 1. The van der Waals surface area contributed by atoms with Crippen molar-refractivity contribution in [3.63, 3.8) is 0 Å². The molecule has 0 unspecified atom stereocenters. The molecule has 0 spiro atoms. The normalized spacial score (nSPS) is 12.5. The van der Waals surface area contributed by atoms with E-state index in [0.29, 0.717) is 0 Å². The molecule has 1 heterocycles. The van der Waals surface area contributed by atoms with Gasteiger partial charge in [-0.2, -0.15) is 13.2 Å². The van der Waals surface area contributed by atoms with Gasteiger partial charge in [0.2, 0.25) is 0 Å². The Labute approximate surface area is 114 Å². The number of aromatic nitrogens is 1. The maximum Gasteiger partial charge on any atom is 0.573 e. The van der Waals surface area contributed by atoms with Gasteiger partial charge >= 0.3 is 12.5 Å². The summed E-state index contributed by atoms with van der Waals surface area (Å²) in [5.41, 5.74) is -1.23. The van der Waals surface area contributed by atoms with Crippen molar-refractivity contribution in [2.75, 3.05) is 12.4 Å². The van der Waals surface area contributed by atoms with Crippen LogP contribution in [0.15, 0.2) is 24.3 Å². The topological polar surface area (TPSA) is 34.2 Å². The highest BCUT2D eigenvalue weighted by Gasteiger charge is 2.34. The molecule has 3 nitrogen and oxygen atoms in total. The molecule has 21 heavy (non-hydrogen) atoms. The van der Waals surface area contributed by atoms with Gasteiger partial charge in [0, 0.05) is 18.1 Å². The summed E-state index contributed by atoms with van der Waals surface area (Å²) >= 11 is 0. The molecule has 0 bridgehead atoms. The molecule has 114 valence electrons. The number of ether oxygens (including phenoxy) is 1. The van der Waals surface area contributed by atoms with Gasteiger partial charge in [-0.05, 0) is 24.3 Å². The van der Waals surface area contributed by atoms with Crippen LogP contribution in [-0.4, -0.2) is 18.4 Å². The summed E-state index contributed by atoms with van der Waals surface area (Å²) in [6.07, 6.45) is -9.53. The quantitative estimate of drug-likeness (QED) is 0.844. The fraction of sp³-hybridized carbons (Fsp3) is 0.250.